The molecule has 0 atom stereocenters. The maximum atomic E-state index is 5.62. The minimum Gasteiger partial charge on any atom is -0.405 e. The van der Waals surface area contributed by atoms with Crippen molar-refractivity contribution in [2.75, 3.05) is 13.2 Å². The predicted octanol–water partition coefficient (Wildman–Crippen LogP) is 3.33. The number of ether oxygens (including phenoxy) is 1. The molecule has 2 aromatic heterocycles. The summed E-state index contributed by atoms with van der Waals surface area (Å²) in [5.41, 5.74) is 11.4. The highest BCUT2D eigenvalue weighted by Crippen LogP contribution is 2.39. The van der Waals surface area contributed by atoms with Gasteiger partial charge in [-0.1, -0.05) is 11.6 Å². The average molecular weight is 324 g/mol. The molecular formula is C19H24N4O. The highest BCUT2D eigenvalue weighted by atomic mass is 16.5. The van der Waals surface area contributed by atoms with E-state index in [9.17, 15) is 0 Å². The van der Waals surface area contributed by atoms with E-state index < -0.39 is 0 Å². The van der Waals surface area contributed by atoms with Crippen LogP contribution in [0.25, 0.3) is 11.3 Å². The van der Waals surface area contributed by atoms with Gasteiger partial charge in [-0.05, 0) is 50.9 Å². The third-order valence-corrected chi connectivity index (χ3v) is 5.14. The van der Waals surface area contributed by atoms with Crippen molar-refractivity contribution in [1.29, 1.82) is 0 Å². The van der Waals surface area contributed by atoms with Crippen molar-refractivity contribution in [3.8, 4) is 11.3 Å². The predicted molar refractivity (Wildman–Crippen MR) is 93.5 cm³/mol. The zero-order valence-corrected chi connectivity index (χ0v) is 14.1. The first kappa shape index (κ1) is 15.4. The summed E-state index contributed by atoms with van der Waals surface area (Å²) in [5, 5.41) is 4.98. The van der Waals surface area contributed by atoms with Crippen LogP contribution in [0.4, 0.5) is 0 Å². The van der Waals surface area contributed by atoms with Gasteiger partial charge >= 0.3 is 0 Å². The van der Waals surface area contributed by atoms with Crippen LogP contribution in [0.3, 0.4) is 0 Å². The molecular weight excluding hydrogens is 300 g/mol. The van der Waals surface area contributed by atoms with E-state index in [-0.39, 0.29) is 0 Å². The Labute approximate surface area is 142 Å². The smallest absolute Gasteiger partial charge is 0.0751 e. The van der Waals surface area contributed by atoms with Gasteiger partial charge in [-0.25, -0.2) is 0 Å². The Morgan fingerprint density at radius 3 is 2.75 bits per heavy atom. The Morgan fingerprint density at radius 1 is 1.25 bits per heavy atom. The summed E-state index contributed by atoms with van der Waals surface area (Å²) >= 11 is 0. The number of aromatic nitrogens is 3. The number of pyridine rings is 1. The molecule has 1 aliphatic heterocycles. The van der Waals surface area contributed by atoms with Gasteiger partial charge in [0.2, 0.25) is 0 Å². The Morgan fingerprint density at radius 2 is 2.04 bits per heavy atom. The quantitative estimate of drug-likeness (QED) is 0.940. The van der Waals surface area contributed by atoms with E-state index in [0.717, 1.165) is 50.3 Å². The van der Waals surface area contributed by atoms with E-state index in [1.807, 2.05) is 13.0 Å². The van der Waals surface area contributed by atoms with Crippen molar-refractivity contribution in [2.45, 2.75) is 44.6 Å². The summed E-state index contributed by atoms with van der Waals surface area (Å²) in [4.78, 5) is 4.73. The van der Waals surface area contributed by atoms with Gasteiger partial charge in [0.1, 0.15) is 0 Å². The van der Waals surface area contributed by atoms with Gasteiger partial charge in [-0.15, -0.1) is 0 Å². The molecule has 4 rings (SSSR count). The topological polar surface area (TPSA) is 66.0 Å². The lowest BCUT2D eigenvalue weighted by Crippen LogP contribution is -2.21. The van der Waals surface area contributed by atoms with Crippen molar-refractivity contribution >= 4 is 0 Å². The van der Waals surface area contributed by atoms with Crippen LogP contribution in [0.1, 0.15) is 49.0 Å². The number of hydrogen-bond donors (Lipinski definition) is 1. The number of hydrogen-bond acceptors (Lipinski definition) is 4. The molecule has 0 radical (unpaired) electrons. The second kappa shape index (κ2) is 6.40. The molecule has 0 amide bonds. The molecule has 5 heteroatoms. The van der Waals surface area contributed by atoms with Gasteiger partial charge in [0.05, 0.1) is 17.4 Å². The average Bonchev–Trinajstić information content (AvgIpc) is 3.00. The summed E-state index contributed by atoms with van der Waals surface area (Å²) < 4.78 is 7.67. The van der Waals surface area contributed by atoms with E-state index in [2.05, 4.69) is 23.0 Å². The molecule has 5 nitrogen and oxygen atoms in total. The van der Waals surface area contributed by atoms with E-state index in [0.29, 0.717) is 12.0 Å². The van der Waals surface area contributed by atoms with E-state index >= 15 is 0 Å². The van der Waals surface area contributed by atoms with Crippen LogP contribution >= 0.6 is 0 Å². The van der Waals surface area contributed by atoms with Gasteiger partial charge in [-0.2, -0.15) is 5.10 Å². The lowest BCUT2D eigenvalue weighted by Gasteiger charge is -2.29. The summed E-state index contributed by atoms with van der Waals surface area (Å²) in [5.74, 6) is 0.460. The molecule has 2 aromatic rings. The first-order chi connectivity index (χ1) is 11.7. The maximum Gasteiger partial charge on any atom is 0.0751 e. The highest BCUT2D eigenvalue weighted by molar-refractivity contribution is 5.62. The fourth-order valence-corrected chi connectivity index (χ4v) is 3.62. The molecule has 126 valence electrons. The van der Waals surface area contributed by atoms with Crippen LogP contribution in [-0.4, -0.2) is 28.0 Å². The van der Waals surface area contributed by atoms with Gasteiger partial charge in [0.25, 0.3) is 0 Å². The second-order valence-corrected chi connectivity index (χ2v) is 6.85. The highest BCUT2D eigenvalue weighted by Gasteiger charge is 2.29. The molecule has 0 unspecified atom stereocenters. The molecule has 2 N–H and O–H groups in total. The number of nitrogens with zero attached hydrogens (tertiary/aromatic N) is 3. The molecule has 1 saturated carbocycles. The molecule has 0 bridgehead atoms. The molecule has 1 aliphatic carbocycles. The van der Waals surface area contributed by atoms with Crippen LogP contribution in [0.15, 0.2) is 36.2 Å². The number of rotatable bonds is 3. The standard InChI is InChI=1S/C19H24N4O/c1-13-3-2-4-18(21-13)17-12-23(16-9-14(10-16)11-20)22-19(17)15-5-7-24-8-6-15/h2-4,11-12,15-16H,5-10,20H2,1H3. The summed E-state index contributed by atoms with van der Waals surface area (Å²) in [6.07, 6.45) is 8.01. The Balaban J connectivity index is 1.71. The zero-order chi connectivity index (χ0) is 16.5. The minimum atomic E-state index is 0.428. The second-order valence-electron chi connectivity index (χ2n) is 6.85. The molecule has 3 heterocycles. The van der Waals surface area contributed by atoms with Crippen LogP contribution < -0.4 is 5.73 Å². The summed E-state index contributed by atoms with van der Waals surface area (Å²) in [6.45, 7) is 3.68. The van der Waals surface area contributed by atoms with Crippen molar-refractivity contribution in [3.05, 3.63) is 47.6 Å². The first-order valence-corrected chi connectivity index (χ1v) is 8.75. The van der Waals surface area contributed by atoms with Gasteiger partial charge in [-0.3, -0.25) is 9.67 Å². The lowest BCUT2D eigenvalue weighted by atomic mass is 9.87. The third-order valence-electron chi connectivity index (χ3n) is 5.14. The number of aryl methyl sites for hydroxylation is 1. The van der Waals surface area contributed by atoms with Crippen molar-refractivity contribution in [3.63, 3.8) is 0 Å². The Kier molecular flexibility index (Phi) is 4.10. The minimum absolute atomic E-state index is 0.428. The van der Waals surface area contributed by atoms with E-state index in [1.54, 1.807) is 6.20 Å². The van der Waals surface area contributed by atoms with Crippen LogP contribution in [-0.2, 0) is 4.74 Å². The van der Waals surface area contributed by atoms with Gasteiger partial charge in [0, 0.05) is 36.6 Å². The maximum absolute atomic E-state index is 5.62. The summed E-state index contributed by atoms with van der Waals surface area (Å²) in [7, 11) is 0. The fraction of sp³-hybridized carbons (Fsp3) is 0.474. The fourth-order valence-electron chi connectivity index (χ4n) is 3.62. The normalized spacial score (nSPS) is 21.5. The first-order valence-electron chi connectivity index (χ1n) is 8.75. The molecule has 24 heavy (non-hydrogen) atoms. The monoisotopic (exact) mass is 324 g/mol. The van der Waals surface area contributed by atoms with Gasteiger partial charge < -0.3 is 10.5 Å². The largest absolute Gasteiger partial charge is 0.405 e. The molecule has 2 aliphatic rings. The van der Waals surface area contributed by atoms with Gasteiger partial charge in [0.15, 0.2) is 0 Å². The summed E-state index contributed by atoms with van der Waals surface area (Å²) in [6, 6.07) is 6.62. The van der Waals surface area contributed by atoms with Crippen LogP contribution in [0.5, 0.6) is 0 Å². The number of allylic oxidation sites excluding steroid dienone is 1. The van der Waals surface area contributed by atoms with Crippen molar-refractivity contribution in [2.24, 2.45) is 5.73 Å². The van der Waals surface area contributed by atoms with E-state index in [1.165, 1.54) is 16.8 Å². The van der Waals surface area contributed by atoms with Crippen molar-refractivity contribution < 1.29 is 4.74 Å². The lowest BCUT2D eigenvalue weighted by molar-refractivity contribution is 0.0843. The van der Waals surface area contributed by atoms with Crippen LogP contribution in [0.2, 0.25) is 0 Å². The Hall–Kier alpha value is -2.14. The Bertz CT molecular complexity index is 750. The number of nitrogens with two attached hydrogens (primary N) is 1. The molecule has 0 spiro atoms. The molecule has 1 saturated heterocycles. The SMILES string of the molecule is Cc1cccc(-c2cn(C3CC(=CN)C3)nc2C2CCOCC2)n1. The van der Waals surface area contributed by atoms with Crippen LogP contribution in [0, 0.1) is 6.92 Å². The third kappa shape index (κ3) is 2.84. The van der Waals surface area contributed by atoms with Crippen molar-refractivity contribution in [1.82, 2.24) is 14.8 Å². The zero-order valence-electron chi connectivity index (χ0n) is 14.1. The van der Waals surface area contributed by atoms with E-state index in [4.69, 9.17) is 20.6 Å². The molecule has 2 fully saturated rings. The molecule has 0 aromatic carbocycles.